The monoisotopic (exact) mass is 424 g/mol. The number of benzene rings is 1. The van der Waals surface area contributed by atoms with Crippen LogP contribution in [-0.2, 0) is 11.2 Å². The molecular formula is C17H14Br2O3. The predicted molar refractivity (Wildman–Crippen MR) is 93.1 cm³/mol. The molecule has 0 aliphatic heterocycles. The van der Waals surface area contributed by atoms with Gasteiger partial charge in [0.15, 0.2) is 0 Å². The van der Waals surface area contributed by atoms with E-state index in [1.54, 1.807) is 6.92 Å². The number of rotatable bonds is 4. The van der Waals surface area contributed by atoms with Gasteiger partial charge in [0.1, 0.15) is 28.6 Å². The molecule has 0 amide bonds. The number of halogens is 2. The molecule has 2 aromatic heterocycles. The molecule has 22 heavy (non-hydrogen) atoms. The van der Waals surface area contributed by atoms with E-state index in [0.717, 1.165) is 42.8 Å². The van der Waals surface area contributed by atoms with E-state index in [1.165, 1.54) is 0 Å². The molecule has 0 saturated carbocycles. The van der Waals surface area contributed by atoms with Crippen LogP contribution in [0.25, 0.3) is 22.3 Å². The standard InChI is InChI=1S/C17H14Br2O3/c1-9(20)3-5-15-16(14-6-4-10(2)21-14)12-7-11(18)8-13(19)17(12)22-15/h4,6-8H,3,5H2,1-2H3. The molecule has 0 N–H and O–H groups in total. The van der Waals surface area contributed by atoms with Gasteiger partial charge in [-0.2, -0.15) is 0 Å². The van der Waals surface area contributed by atoms with E-state index in [9.17, 15) is 4.79 Å². The Hall–Kier alpha value is -1.33. The first-order valence-corrected chi connectivity index (χ1v) is 8.51. The molecule has 2 heterocycles. The molecule has 0 saturated heterocycles. The normalized spacial score (nSPS) is 11.3. The van der Waals surface area contributed by atoms with Crippen LogP contribution in [0.15, 0.2) is 42.0 Å². The van der Waals surface area contributed by atoms with Gasteiger partial charge in [0, 0.05) is 22.7 Å². The van der Waals surface area contributed by atoms with Gasteiger partial charge in [0.05, 0.1) is 10.0 Å². The average molecular weight is 426 g/mol. The van der Waals surface area contributed by atoms with Gasteiger partial charge >= 0.3 is 0 Å². The zero-order valence-corrected chi connectivity index (χ0v) is 15.4. The maximum atomic E-state index is 11.3. The number of Topliss-reactive ketones (excluding diaryl/α,β-unsaturated/α-hetero) is 1. The highest BCUT2D eigenvalue weighted by atomic mass is 79.9. The third kappa shape index (κ3) is 2.92. The minimum atomic E-state index is 0.141. The average Bonchev–Trinajstić information content (AvgIpc) is 2.99. The second-order valence-electron chi connectivity index (χ2n) is 5.28. The molecule has 0 aliphatic carbocycles. The Morgan fingerprint density at radius 3 is 2.59 bits per heavy atom. The summed E-state index contributed by atoms with van der Waals surface area (Å²) in [4.78, 5) is 11.3. The van der Waals surface area contributed by atoms with Crippen LogP contribution in [0, 0.1) is 6.92 Å². The van der Waals surface area contributed by atoms with E-state index in [0.29, 0.717) is 12.8 Å². The van der Waals surface area contributed by atoms with Crippen LogP contribution in [0.3, 0.4) is 0 Å². The number of carbonyl (C=O) groups excluding carboxylic acids is 1. The van der Waals surface area contributed by atoms with Gasteiger partial charge in [-0.1, -0.05) is 15.9 Å². The van der Waals surface area contributed by atoms with E-state index in [4.69, 9.17) is 8.83 Å². The molecule has 0 unspecified atom stereocenters. The van der Waals surface area contributed by atoms with Crippen LogP contribution in [0.1, 0.15) is 24.9 Å². The smallest absolute Gasteiger partial charge is 0.149 e. The van der Waals surface area contributed by atoms with Crippen LogP contribution in [-0.4, -0.2) is 5.78 Å². The number of hydrogen-bond donors (Lipinski definition) is 0. The summed E-state index contributed by atoms with van der Waals surface area (Å²) in [7, 11) is 0. The molecule has 3 rings (SSSR count). The minimum absolute atomic E-state index is 0.141. The van der Waals surface area contributed by atoms with Crippen molar-refractivity contribution in [2.24, 2.45) is 0 Å². The predicted octanol–water partition coefficient (Wildman–Crippen LogP) is 6.05. The Morgan fingerprint density at radius 2 is 1.95 bits per heavy atom. The zero-order valence-electron chi connectivity index (χ0n) is 12.2. The van der Waals surface area contributed by atoms with E-state index in [-0.39, 0.29) is 5.78 Å². The highest BCUT2D eigenvalue weighted by Gasteiger charge is 2.21. The molecule has 5 heteroatoms. The lowest BCUT2D eigenvalue weighted by Gasteiger charge is -2.00. The van der Waals surface area contributed by atoms with Crippen LogP contribution in [0.4, 0.5) is 0 Å². The lowest BCUT2D eigenvalue weighted by Crippen LogP contribution is -1.94. The first-order valence-electron chi connectivity index (χ1n) is 6.92. The number of ketones is 1. The molecule has 114 valence electrons. The quantitative estimate of drug-likeness (QED) is 0.511. The van der Waals surface area contributed by atoms with Crippen molar-refractivity contribution in [2.75, 3.05) is 0 Å². The first-order chi connectivity index (χ1) is 10.5. The van der Waals surface area contributed by atoms with Crippen molar-refractivity contribution < 1.29 is 13.6 Å². The van der Waals surface area contributed by atoms with Crippen LogP contribution in [0.2, 0.25) is 0 Å². The second kappa shape index (κ2) is 6.05. The Bertz CT molecular complexity index is 858. The van der Waals surface area contributed by atoms with E-state index in [1.807, 2.05) is 31.2 Å². The molecule has 0 radical (unpaired) electrons. The minimum Gasteiger partial charge on any atom is -0.461 e. The third-order valence-corrected chi connectivity index (χ3v) is 4.52. The molecule has 0 aliphatic rings. The van der Waals surface area contributed by atoms with Gasteiger partial charge in [0.25, 0.3) is 0 Å². The lowest BCUT2D eigenvalue weighted by molar-refractivity contribution is -0.117. The molecule has 0 bridgehead atoms. The van der Waals surface area contributed by atoms with Crippen LogP contribution in [0.5, 0.6) is 0 Å². The van der Waals surface area contributed by atoms with Crippen molar-refractivity contribution in [1.82, 2.24) is 0 Å². The number of fused-ring (bicyclic) bond motifs is 1. The van der Waals surface area contributed by atoms with E-state index >= 15 is 0 Å². The number of carbonyl (C=O) groups is 1. The molecule has 0 spiro atoms. The van der Waals surface area contributed by atoms with Crippen molar-refractivity contribution in [2.45, 2.75) is 26.7 Å². The SMILES string of the molecule is CC(=O)CCc1oc2c(Br)cc(Br)cc2c1-c1ccc(C)o1. The van der Waals surface area contributed by atoms with Crippen molar-refractivity contribution >= 4 is 48.6 Å². The Kier molecular flexibility index (Phi) is 4.28. The summed E-state index contributed by atoms with van der Waals surface area (Å²) in [6.07, 6.45) is 1.01. The van der Waals surface area contributed by atoms with Gasteiger partial charge in [-0.05, 0) is 54.0 Å². The Balaban J connectivity index is 2.24. The maximum absolute atomic E-state index is 11.3. The number of aryl methyl sites for hydroxylation is 2. The summed E-state index contributed by atoms with van der Waals surface area (Å²) in [6, 6.07) is 7.81. The summed E-state index contributed by atoms with van der Waals surface area (Å²) in [5.41, 5.74) is 1.69. The molecule has 3 nitrogen and oxygen atoms in total. The summed E-state index contributed by atoms with van der Waals surface area (Å²) in [6.45, 7) is 3.50. The first kappa shape index (κ1) is 15.6. The van der Waals surface area contributed by atoms with E-state index < -0.39 is 0 Å². The van der Waals surface area contributed by atoms with Crippen LogP contribution >= 0.6 is 31.9 Å². The zero-order chi connectivity index (χ0) is 15.9. The molecule has 3 aromatic rings. The Morgan fingerprint density at radius 1 is 1.18 bits per heavy atom. The van der Waals surface area contributed by atoms with E-state index in [2.05, 4.69) is 31.9 Å². The molecular weight excluding hydrogens is 412 g/mol. The Labute approximate surface area is 144 Å². The van der Waals surface area contributed by atoms with Gasteiger partial charge in [0.2, 0.25) is 0 Å². The molecule has 0 fully saturated rings. The summed E-state index contributed by atoms with van der Waals surface area (Å²) >= 11 is 7.04. The largest absolute Gasteiger partial charge is 0.461 e. The highest BCUT2D eigenvalue weighted by Crippen LogP contribution is 2.40. The fourth-order valence-corrected chi connectivity index (χ4v) is 3.79. The fourth-order valence-electron chi connectivity index (χ4n) is 2.48. The maximum Gasteiger partial charge on any atom is 0.149 e. The van der Waals surface area contributed by atoms with Crippen molar-refractivity contribution in [3.05, 3.63) is 44.7 Å². The summed E-state index contributed by atoms with van der Waals surface area (Å²) in [5, 5.41) is 0.967. The molecule has 1 aromatic carbocycles. The second-order valence-corrected chi connectivity index (χ2v) is 7.05. The summed E-state index contributed by atoms with van der Waals surface area (Å²) in [5.74, 6) is 2.52. The van der Waals surface area contributed by atoms with Gasteiger partial charge in [-0.3, -0.25) is 0 Å². The lowest BCUT2D eigenvalue weighted by atomic mass is 10.0. The fraction of sp³-hybridized carbons (Fsp3) is 0.235. The van der Waals surface area contributed by atoms with Crippen molar-refractivity contribution in [3.8, 4) is 11.3 Å². The number of furan rings is 2. The highest BCUT2D eigenvalue weighted by molar-refractivity contribution is 9.11. The van der Waals surface area contributed by atoms with Crippen LogP contribution < -0.4 is 0 Å². The topological polar surface area (TPSA) is 43.4 Å². The van der Waals surface area contributed by atoms with Gasteiger partial charge in [-0.25, -0.2) is 0 Å². The van der Waals surface area contributed by atoms with Gasteiger partial charge < -0.3 is 13.6 Å². The summed E-state index contributed by atoms with van der Waals surface area (Å²) < 4.78 is 13.6. The third-order valence-electron chi connectivity index (χ3n) is 3.47. The number of hydrogen-bond acceptors (Lipinski definition) is 3. The van der Waals surface area contributed by atoms with Gasteiger partial charge in [-0.15, -0.1) is 0 Å². The van der Waals surface area contributed by atoms with Crippen molar-refractivity contribution in [1.29, 1.82) is 0 Å². The molecule has 0 atom stereocenters. The van der Waals surface area contributed by atoms with Crippen molar-refractivity contribution in [3.63, 3.8) is 0 Å².